The van der Waals surface area contributed by atoms with Crippen molar-refractivity contribution in [3.05, 3.63) is 158 Å². The van der Waals surface area contributed by atoms with E-state index in [4.69, 9.17) is 37.0 Å². The molecule has 0 aromatic carbocycles. The van der Waals surface area contributed by atoms with Crippen molar-refractivity contribution in [3.8, 4) is 0 Å². The molecule has 5 unspecified atom stereocenters. The number of carbonyl (C=O) groups excluding carboxylic acids is 4. The Morgan fingerprint density at radius 1 is 0.300 bits per heavy atom. The molecule has 0 bridgehead atoms. The van der Waals surface area contributed by atoms with Gasteiger partial charge in [-0.3, -0.25) is 37.3 Å². The molecule has 0 radical (unpaired) electrons. The van der Waals surface area contributed by atoms with Crippen LogP contribution in [0.25, 0.3) is 0 Å². The minimum Gasteiger partial charge on any atom is -0.461 e. The fraction of sp³-hybridized carbons (Fsp3) is 0.630. The maximum absolute atomic E-state index is 13.1. The third-order valence-corrected chi connectivity index (χ3v) is 16.9. The Morgan fingerprint density at radius 2 is 0.550 bits per heavy atom. The topological polar surface area (TPSA) is 237 Å². The quantitative estimate of drug-likeness (QED) is 0.0169. The number of carbonyl (C=O) groups is 4. The van der Waals surface area contributed by atoms with E-state index in [0.717, 1.165) is 135 Å². The third-order valence-electron chi connectivity index (χ3n) is 15.0. The summed E-state index contributed by atoms with van der Waals surface area (Å²) in [6.45, 7) is 4.33. The second kappa shape index (κ2) is 72.0. The zero-order valence-electron chi connectivity index (χ0n) is 61.8. The minimum atomic E-state index is -5.01. The number of rotatable bonds is 69. The van der Waals surface area contributed by atoms with Gasteiger partial charge in [0.05, 0.1) is 39.3 Å². The molecule has 0 saturated heterocycles. The summed E-state index contributed by atoms with van der Waals surface area (Å²) >= 11 is 0. The molecule has 568 valence electrons. The highest BCUT2D eigenvalue weighted by Gasteiger charge is 2.30. The largest absolute Gasteiger partial charge is 0.472 e. The van der Waals surface area contributed by atoms with Gasteiger partial charge in [0.2, 0.25) is 0 Å². The molecule has 3 N–H and O–H groups in total. The summed E-state index contributed by atoms with van der Waals surface area (Å²) in [5, 5.41) is 10.6. The van der Waals surface area contributed by atoms with Crippen LogP contribution in [0.2, 0.25) is 0 Å². The van der Waals surface area contributed by atoms with Gasteiger partial charge in [-0.15, -0.1) is 0 Å². The monoisotopic (exact) mass is 1440 g/mol. The molecular weight excluding hydrogens is 1310 g/mol. The van der Waals surface area contributed by atoms with Gasteiger partial charge in [-0.05, 0) is 135 Å². The Kier molecular flexibility index (Phi) is 68.2. The first-order valence-corrected chi connectivity index (χ1v) is 40.7. The lowest BCUT2D eigenvalue weighted by Gasteiger charge is -2.21. The van der Waals surface area contributed by atoms with Crippen molar-refractivity contribution in [2.24, 2.45) is 0 Å². The van der Waals surface area contributed by atoms with Crippen molar-refractivity contribution < 1.29 is 80.2 Å². The highest BCUT2D eigenvalue weighted by Crippen LogP contribution is 2.45. The number of phosphoric acid groups is 2. The molecule has 0 spiro atoms. The van der Waals surface area contributed by atoms with E-state index in [9.17, 15) is 43.2 Å². The van der Waals surface area contributed by atoms with Gasteiger partial charge in [0.1, 0.15) is 19.3 Å². The van der Waals surface area contributed by atoms with Crippen LogP contribution in [-0.4, -0.2) is 96.7 Å². The van der Waals surface area contributed by atoms with Gasteiger partial charge < -0.3 is 33.8 Å². The number of unbranched alkanes of at least 4 members (excludes halogenated alkanes) is 19. The first-order valence-electron chi connectivity index (χ1n) is 37.7. The Labute approximate surface area is 604 Å². The Morgan fingerprint density at radius 3 is 0.880 bits per heavy atom. The number of allylic oxidation sites excluding steroid dienone is 24. The number of aliphatic hydroxyl groups excluding tert-OH is 1. The van der Waals surface area contributed by atoms with Gasteiger partial charge in [0.25, 0.3) is 0 Å². The Hall–Kier alpha value is -5.32. The fourth-order valence-corrected chi connectivity index (χ4v) is 10.9. The van der Waals surface area contributed by atoms with Crippen molar-refractivity contribution in [3.63, 3.8) is 0 Å². The molecule has 0 amide bonds. The summed E-state index contributed by atoms with van der Waals surface area (Å²) in [5.41, 5.74) is 0. The third kappa shape index (κ3) is 71.1. The summed E-state index contributed by atoms with van der Waals surface area (Å²) in [6.07, 6.45) is 83.0. The predicted molar refractivity (Wildman–Crippen MR) is 408 cm³/mol. The molecule has 0 aromatic rings. The normalized spacial score (nSPS) is 14.8. The maximum Gasteiger partial charge on any atom is 0.472 e. The van der Waals surface area contributed by atoms with Crippen LogP contribution in [0.5, 0.6) is 0 Å². The maximum atomic E-state index is 13.1. The molecule has 0 aromatic heterocycles. The van der Waals surface area contributed by atoms with E-state index < -0.39 is 97.5 Å². The lowest BCUT2D eigenvalue weighted by atomic mass is 10.1. The Balaban J connectivity index is 5.52. The SMILES string of the molecule is CC/C=C\C/C=C\C/C=C\C/C=C\C/C=C\CC(=O)OCC(COP(=O)(O)OCC(O)COP(=O)(O)OCC(COC(=O)C/C=C\C/C=C\C/C=C\C/C=C\C/C=C\CC)OC(=O)CCCCCCC/C=C\CCCCCCCC)OC(=O)CCCCCCC/C=C\C/C=C\CCCCC. The number of hydrogen-bond acceptors (Lipinski definition) is 15. The Bertz CT molecular complexity index is 2520. The van der Waals surface area contributed by atoms with Crippen LogP contribution in [0.4, 0.5) is 0 Å². The smallest absolute Gasteiger partial charge is 0.461 e. The van der Waals surface area contributed by atoms with Crippen molar-refractivity contribution in [2.45, 2.75) is 290 Å². The molecule has 19 heteroatoms. The number of phosphoric ester groups is 2. The predicted octanol–water partition coefficient (Wildman–Crippen LogP) is 21.7. The molecule has 0 rings (SSSR count). The van der Waals surface area contributed by atoms with E-state index >= 15 is 0 Å². The van der Waals surface area contributed by atoms with E-state index in [-0.39, 0.29) is 25.7 Å². The van der Waals surface area contributed by atoms with E-state index in [1.165, 1.54) is 57.8 Å². The number of hydrogen-bond donors (Lipinski definition) is 3. The van der Waals surface area contributed by atoms with Crippen LogP contribution in [0.1, 0.15) is 272 Å². The summed E-state index contributed by atoms with van der Waals surface area (Å²) in [5.74, 6) is -2.51. The first-order chi connectivity index (χ1) is 48.7. The van der Waals surface area contributed by atoms with Gasteiger partial charge in [-0.1, -0.05) is 269 Å². The standard InChI is InChI=1S/C81H132O17P2/c1-5-9-13-17-21-25-29-33-37-41-45-49-53-57-61-65-78(83)91-71-76(97-80(85)67-63-59-55-51-47-43-39-35-31-27-23-19-15-11-7-3)73-95-99(87,88)93-69-75(82)70-94-100(89,90)96-74-77(98-81(86)68-64-60-56-52-48-44-40-36-32-28-24-20-16-12-8-4)72-92-79(84)66-62-58-54-50-46-42-38-34-30-26-22-18-14-10-6-2/h9-10,13-14,21-23,25-27,33-40,45-46,49-50,57-58,61-62,75-77,82H,5-8,11-12,15-20,24,28-32,41-44,47-48,51-56,59-60,63-74H2,1-4H3,(H,87,88)(H,89,90)/b13-9-,14-10-,25-21-,26-22-,27-23-,37-33-,38-34-,39-35-,40-36-,49-45-,50-46-,61-57-,62-58-. The highest BCUT2D eigenvalue weighted by atomic mass is 31.2. The molecule has 17 nitrogen and oxygen atoms in total. The summed E-state index contributed by atoms with van der Waals surface area (Å²) in [7, 11) is -10.0. The molecule has 0 aliphatic heterocycles. The van der Waals surface area contributed by atoms with Crippen LogP contribution in [-0.2, 0) is 65.4 Å². The molecule has 0 aliphatic carbocycles. The summed E-state index contributed by atoms with van der Waals surface area (Å²) in [4.78, 5) is 72.7. The van der Waals surface area contributed by atoms with Crippen LogP contribution in [0, 0.1) is 0 Å². The average Bonchev–Trinajstić information content (AvgIpc) is 1.01. The molecule has 0 aliphatic rings. The van der Waals surface area contributed by atoms with E-state index in [0.29, 0.717) is 25.7 Å². The van der Waals surface area contributed by atoms with E-state index in [1.54, 1.807) is 12.2 Å². The van der Waals surface area contributed by atoms with Crippen LogP contribution in [0.15, 0.2) is 158 Å². The van der Waals surface area contributed by atoms with Gasteiger partial charge in [-0.2, -0.15) is 0 Å². The lowest BCUT2D eigenvalue weighted by Crippen LogP contribution is -2.30. The molecule has 0 heterocycles. The average molecular weight is 1440 g/mol. The van der Waals surface area contributed by atoms with Crippen molar-refractivity contribution >= 4 is 39.5 Å². The van der Waals surface area contributed by atoms with Crippen LogP contribution in [0.3, 0.4) is 0 Å². The molecule has 5 atom stereocenters. The highest BCUT2D eigenvalue weighted by molar-refractivity contribution is 7.47. The fourth-order valence-electron chi connectivity index (χ4n) is 9.33. The van der Waals surface area contributed by atoms with Gasteiger partial charge in [0.15, 0.2) is 12.2 Å². The van der Waals surface area contributed by atoms with Crippen molar-refractivity contribution in [1.29, 1.82) is 0 Å². The zero-order chi connectivity index (χ0) is 73.2. The second-order valence-corrected chi connectivity index (χ2v) is 27.4. The summed E-state index contributed by atoms with van der Waals surface area (Å²) in [6, 6.07) is 0. The van der Waals surface area contributed by atoms with Crippen molar-refractivity contribution in [2.75, 3.05) is 39.6 Å². The van der Waals surface area contributed by atoms with Crippen LogP contribution >= 0.6 is 15.6 Å². The van der Waals surface area contributed by atoms with Crippen molar-refractivity contribution in [1.82, 2.24) is 0 Å². The molecular formula is C81H132O17P2. The molecule has 0 saturated carbocycles. The number of esters is 4. The number of aliphatic hydroxyl groups is 1. The minimum absolute atomic E-state index is 0.0523. The lowest BCUT2D eigenvalue weighted by molar-refractivity contribution is -0.161. The first kappa shape index (κ1) is 94.7. The van der Waals surface area contributed by atoms with Crippen LogP contribution < -0.4 is 0 Å². The van der Waals surface area contributed by atoms with Gasteiger partial charge in [0, 0.05) is 12.8 Å². The second-order valence-electron chi connectivity index (χ2n) is 24.5. The zero-order valence-corrected chi connectivity index (χ0v) is 63.6. The molecule has 0 fully saturated rings. The van der Waals surface area contributed by atoms with Gasteiger partial charge >= 0.3 is 39.5 Å². The van der Waals surface area contributed by atoms with E-state index in [2.05, 4.69) is 137 Å². The summed E-state index contributed by atoms with van der Waals surface area (Å²) < 4.78 is 68.2. The van der Waals surface area contributed by atoms with Gasteiger partial charge in [-0.25, -0.2) is 9.13 Å². The molecule has 100 heavy (non-hydrogen) atoms. The number of ether oxygens (including phenoxy) is 4. The van der Waals surface area contributed by atoms with E-state index in [1.807, 2.05) is 36.5 Å².